The minimum atomic E-state index is -0.216. The van der Waals surface area contributed by atoms with Gasteiger partial charge in [-0.15, -0.1) is 11.6 Å². The van der Waals surface area contributed by atoms with Gasteiger partial charge in [-0.3, -0.25) is 0 Å². The molecule has 0 aliphatic heterocycles. The molecule has 0 aliphatic rings. The van der Waals surface area contributed by atoms with Gasteiger partial charge in [-0.25, -0.2) is 0 Å². The maximum absolute atomic E-state index is 6.66. The quantitative estimate of drug-likeness (QED) is 0.449. The molecule has 0 spiro atoms. The van der Waals surface area contributed by atoms with Crippen molar-refractivity contribution in [1.29, 1.82) is 0 Å². The average molecular weight is 366 g/mol. The number of benzene rings is 3. The van der Waals surface area contributed by atoms with E-state index in [-0.39, 0.29) is 5.38 Å². The lowest BCUT2D eigenvalue weighted by Gasteiger charge is -2.14. The molecule has 0 fully saturated rings. The summed E-state index contributed by atoms with van der Waals surface area (Å²) in [5, 5.41) is 2.81. The summed E-state index contributed by atoms with van der Waals surface area (Å²) in [4.78, 5) is 0. The molecular formula is C17H11BrCl2. The molecule has 3 heteroatoms. The lowest BCUT2D eigenvalue weighted by Crippen LogP contribution is -1.95. The summed E-state index contributed by atoms with van der Waals surface area (Å²) in [6.07, 6.45) is 0. The lowest BCUT2D eigenvalue weighted by atomic mass is 9.98. The van der Waals surface area contributed by atoms with E-state index >= 15 is 0 Å². The highest BCUT2D eigenvalue weighted by Crippen LogP contribution is 2.37. The first-order valence-corrected chi connectivity index (χ1v) is 7.84. The van der Waals surface area contributed by atoms with E-state index in [0.717, 1.165) is 26.4 Å². The Bertz CT molecular complexity index is 768. The fourth-order valence-electron chi connectivity index (χ4n) is 2.35. The maximum atomic E-state index is 6.66. The van der Waals surface area contributed by atoms with Crippen molar-refractivity contribution in [3.63, 3.8) is 0 Å². The predicted octanol–water partition coefficient (Wildman–Crippen LogP) is 6.58. The highest BCUT2D eigenvalue weighted by molar-refractivity contribution is 9.10. The standard InChI is InChI=1S/C17H11BrCl2/c18-16-9-8-15(13-6-1-2-7-14(13)16)17(20)11-4-3-5-12(19)10-11/h1-10,17H. The summed E-state index contributed by atoms with van der Waals surface area (Å²) >= 11 is 16.3. The van der Waals surface area contributed by atoms with Gasteiger partial charge >= 0.3 is 0 Å². The second-order valence-electron chi connectivity index (χ2n) is 4.60. The molecular weight excluding hydrogens is 355 g/mol. The molecule has 1 unspecified atom stereocenters. The highest BCUT2D eigenvalue weighted by Gasteiger charge is 2.15. The number of halogens is 3. The van der Waals surface area contributed by atoms with E-state index in [1.165, 1.54) is 0 Å². The Morgan fingerprint density at radius 2 is 1.60 bits per heavy atom. The summed E-state index contributed by atoms with van der Waals surface area (Å²) in [7, 11) is 0. The van der Waals surface area contributed by atoms with Gasteiger partial charge in [0.2, 0.25) is 0 Å². The van der Waals surface area contributed by atoms with Crippen molar-refractivity contribution in [2.75, 3.05) is 0 Å². The molecule has 0 saturated carbocycles. The van der Waals surface area contributed by atoms with Gasteiger partial charge in [0.05, 0.1) is 5.38 Å². The third kappa shape index (κ3) is 2.58. The van der Waals surface area contributed by atoms with Gasteiger partial charge in [0.15, 0.2) is 0 Å². The molecule has 1 atom stereocenters. The first-order chi connectivity index (χ1) is 9.66. The fraction of sp³-hybridized carbons (Fsp3) is 0.0588. The summed E-state index contributed by atoms with van der Waals surface area (Å²) in [6.45, 7) is 0. The second kappa shape index (κ2) is 5.77. The van der Waals surface area contributed by atoms with Crippen LogP contribution in [-0.2, 0) is 0 Å². The van der Waals surface area contributed by atoms with E-state index in [2.05, 4.69) is 34.1 Å². The maximum Gasteiger partial charge on any atom is 0.0841 e. The van der Waals surface area contributed by atoms with Gasteiger partial charge in [0.1, 0.15) is 0 Å². The van der Waals surface area contributed by atoms with Crippen LogP contribution in [0, 0.1) is 0 Å². The minimum absolute atomic E-state index is 0.216. The van der Waals surface area contributed by atoms with Gasteiger partial charge in [-0.05, 0) is 40.1 Å². The number of hydrogen-bond acceptors (Lipinski definition) is 0. The normalized spacial score (nSPS) is 12.6. The van der Waals surface area contributed by atoms with Crippen LogP contribution < -0.4 is 0 Å². The molecule has 3 aromatic carbocycles. The summed E-state index contributed by atoms with van der Waals surface area (Å²) in [5.41, 5.74) is 2.10. The second-order valence-corrected chi connectivity index (χ2v) is 6.33. The summed E-state index contributed by atoms with van der Waals surface area (Å²) in [6, 6.07) is 20.0. The van der Waals surface area contributed by atoms with Crippen LogP contribution >= 0.6 is 39.1 Å². The molecule has 0 nitrogen and oxygen atoms in total. The molecule has 0 bridgehead atoms. The number of alkyl halides is 1. The van der Waals surface area contributed by atoms with E-state index < -0.39 is 0 Å². The van der Waals surface area contributed by atoms with Crippen molar-refractivity contribution in [3.8, 4) is 0 Å². The van der Waals surface area contributed by atoms with Crippen LogP contribution in [0.1, 0.15) is 16.5 Å². The van der Waals surface area contributed by atoms with Crippen LogP contribution in [0.25, 0.3) is 10.8 Å². The molecule has 20 heavy (non-hydrogen) atoms. The smallest absolute Gasteiger partial charge is 0.0841 e. The minimum Gasteiger partial charge on any atom is -0.113 e. The van der Waals surface area contributed by atoms with Gasteiger partial charge in [0, 0.05) is 9.50 Å². The molecule has 0 aliphatic carbocycles. The molecule has 0 aromatic heterocycles. The van der Waals surface area contributed by atoms with E-state index in [4.69, 9.17) is 23.2 Å². The van der Waals surface area contributed by atoms with Crippen molar-refractivity contribution >= 4 is 49.9 Å². The predicted molar refractivity (Wildman–Crippen MR) is 90.8 cm³/mol. The van der Waals surface area contributed by atoms with Gasteiger partial charge < -0.3 is 0 Å². The molecule has 0 saturated heterocycles. The third-order valence-corrected chi connectivity index (χ3v) is 4.73. The zero-order valence-corrected chi connectivity index (χ0v) is 13.6. The Morgan fingerprint density at radius 1 is 0.850 bits per heavy atom. The lowest BCUT2D eigenvalue weighted by molar-refractivity contribution is 1.16. The van der Waals surface area contributed by atoms with E-state index in [0.29, 0.717) is 5.02 Å². The van der Waals surface area contributed by atoms with Crippen molar-refractivity contribution in [2.45, 2.75) is 5.38 Å². The Morgan fingerprint density at radius 3 is 2.35 bits per heavy atom. The van der Waals surface area contributed by atoms with E-state index in [1.54, 1.807) is 0 Å². The van der Waals surface area contributed by atoms with Crippen LogP contribution in [0.3, 0.4) is 0 Å². The summed E-state index contributed by atoms with van der Waals surface area (Å²) in [5.74, 6) is 0. The first-order valence-electron chi connectivity index (χ1n) is 6.23. The van der Waals surface area contributed by atoms with E-state index in [9.17, 15) is 0 Å². The van der Waals surface area contributed by atoms with Crippen LogP contribution in [0.15, 0.2) is 65.1 Å². The topological polar surface area (TPSA) is 0 Å². The van der Waals surface area contributed by atoms with Gasteiger partial charge in [-0.1, -0.05) is 70.0 Å². The first kappa shape index (κ1) is 13.9. The molecule has 0 N–H and O–H groups in total. The fourth-order valence-corrected chi connectivity index (χ4v) is 3.35. The van der Waals surface area contributed by atoms with Crippen molar-refractivity contribution in [2.24, 2.45) is 0 Å². The number of fused-ring (bicyclic) bond motifs is 1. The number of rotatable bonds is 2. The SMILES string of the molecule is Clc1cccc(C(Cl)c2ccc(Br)c3ccccc23)c1. The Kier molecular flexibility index (Phi) is 4.02. The van der Waals surface area contributed by atoms with Crippen LogP contribution in [0.4, 0.5) is 0 Å². The monoisotopic (exact) mass is 364 g/mol. The molecule has 0 radical (unpaired) electrons. The molecule has 3 aromatic rings. The largest absolute Gasteiger partial charge is 0.113 e. The Hall–Kier alpha value is -1.02. The molecule has 3 rings (SSSR count). The molecule has 100 valence electrons. The average Bonchev–Trinajstić information content (AvgIpc) is 2.47. The summed E-state index contributed by atoms with van der Waals surface area (Å²) < 4.78 is 1.08. The van der Waals surface area contributed by atoms with Gasteiger partial charge in [0.25, 0.3) is 0 Å². The zero-order chi connectivity index (χ0) is 14.1. The van der Waals surface area contributed by atoms with Crippen LogP contribution in [-0.4, -0.2) is 0 Å². The number of hydrogen-bond donors (Lipinski definition) is 0. The van der Waals surface area contributed by atoms with Crippen molar-refractivity contribution < 1.29 is 0 Å². The highest BCUT2D eigenvalue weighted by atomic mass is 79.9. The zero-order valence-electron chi connectivity index (χ0n) is 10.5. The third-order valence-electron chi connectivity index (χ3n) is 3.32. The Balaban J connectivity index is 2.17. The van der Waals surface area contributed by atoms with Crippen molar-refractivity contribution in [1.82, 2.24) is 0 Å². The van der Waals surface area contributed by atoms with E-state index in [1.807, 2.05) is 42.5 Å². The van der Waals surface area contributed by atoms with Crippen LogP contribution in [0.5, 0.6) is 0 Å². The Labute approximate surface area is 136 Å². The van der Waals surface area contributed by atoms with Crippen LogP contribution in [0.2, 0.25) is 5.02 Å². The molecule has 0 heterocycles. The van der Waals surface area contributed by atoms with Gasteiger partial charge in [-0.2, -0.15) is 0 Å². The molecule has 0 amide bonds. The van der Waals surface area contributed by atoms with Crippen molar-refractivity contribution in [3.05, 3.63) is 81.3 Å².